The molecular weight excluding hydrogens is 168 g/mol. The Morgan fingerprint density at radius 2 is 1.92 bits per heavy atom. The molecule has 0 heterocycles. The Morgan fingerprint density at radius 3 is 2.38 bits per heavy atom. The van der Waals surface area contributed by atoms with Gasteiger partial charge in [0.05, 0.1) is 0 Å². The fraction of sp³-hybridized carbons (Fsp3) is 0.100. The fourth-order valence-electron chi connectivity index (χ4n) is 0.955. The summed E-state index contributed by atoms with van der Waals surface area (Å²) in [5.74, 6) is 0.208. The summed E-state index contributed by atoms with van der Waals surface area (Å²) < 4.78 is 0. The highest BCUT2D eigenvalue weighted by molar-refractivity contribution is 5.95. The first kappa shape index (κ1) is 9.23. The second kappa shape index (κ2) is 4.24. The van der Waals surface area contributed by atoms with Crippen molar-refractivity contribution in [3.05, 3.63) is 41.5 Å². The Kier molecular flexibility index (Phi) is 3.01. The molecule has 3 heteroatoms. The van der Waals surface area contributed by atoms with Crippen molar-refractivity contribution in [2.24, 2.45) is 0 Å². The van der Waals surface area contributed by atoms with Crippen molar-refractivity contribution in [3.63, 3.8) is 0 Å². The average molecular weight is 176 g/mol. The maximum atomic E-state index is 10.4. The lowest BCUT2D eigenvalue weighted by atomic mass is 10.1. The van der Waals surface area contributed by atoms with Crippen molar-refractivity contribution in [3.8, 4) is 0 Å². The summed E-state index contributed by atoms with van der Waals surface area (Å²) in [6.07, 6.45) is 0.125. The molecule has 0 atom stereocenters. The number of benzene rings is 1. The third-order valence-electron chi connectivity index (χ3n) is 1.61. The summed E-state index contributed by atoms with van der Waals surface area (Å²) in [5, 5.41) is 8.54. The first-order valence-electron chi connectivity index (χ1n) is 3.75. The Morgan fingerprint density at radius 1 is 1.31 bits per heavy atom. The van der Waals surface area contributed by atoms with E-state index in [4.69, 9.17) is 5.11 Å². The molecule has 0 saturated carbocycles. The summed E-state index contributed by atoms with van der Waals surface area (Å²) in [4.78, 5) is 20.6. The van der Waals surface area contributed by atoms with Gasteiger partial charge in [-0.3, -0.25) is 0 Å². The highest BCUT2D eigenvalue weighted by Crippen LogP contribution is 2.05. The van der Waals surface area contributed by atoms with Crippen molar-refractivity contribution in [1.82, 2.24) is 0 Å². The number of rotatable bonds is 3. The zero-order chi connectivity index (χ0) is 9.68. The van der Waals surface area contributed by atoms with E-state index in [0.29, 0.717) is 0 Å². The Labute approximate surface area is 75.3 Å². The van der Waals surface area contributed by atoms with E-state index < -0.39 is 5.97 Å². The molecular formula is C10H8O3. The SMILES string of the molecule is O=C=C(Cc1ccccc1)C(=O)O. The average Bonchev–Trinajstić information content (AvgIpc) is 2.15. The molecule has 1 N–H and O–H groups in total. The Hall–Kier alpha value is -1.86. The minimum Gasteiger partial charge on any atom is -0.477 e. The van der Waals surface area contributed by atoms with Gasteiger partial charge in [-0.05, 0) is 5.56 Å². The number of carboxylic acids is 1. The zero-order valence-electron chi connectivity index (χ0n) is 6.86. The predicted molar refractivity (Wildman–Crippen MR) is 47.0 cm³/mol. The van der Waals surface area contributed by atoms with E-state index in [-0.39, 0.29) is 12.0 Å². The summed E-state index contributed by atoms with van der Waals surface area (Å²) in [7, 11) is 0. The van der Waals surface area contributed by atoms with Gasteiger partial charge < -0.3 is 5.11 Å². The largest absolute Gasteiger partial charge is 0.477 e. The van der Waals surface area contributed by atoms with Gasteiger partial charge in [-0.1, -0.05) is 30.3 Å². The van der Waals surface area contributed by atoms with Gasteiger partial charge in [0.1, 0.15) is 11.5 Å². The van der Waals surface area contributed by atoms with Crippen LogP contribution in [0.2, 0.25) is 0 Å². The van der Waals surface area contributed by atoms with Crippen molar-refractivity contribution in [2.75, 3.05) is 0 Å². The van der Waals surface area contributed by atoms with Gasteiger partial charge >= 0.3 is 5.97 Å². The highest BCUT2D eigenvalue weighted by Gasteiger charge is 2.08. The van der Waals surface area contributed by atoms with Crippen molar-refractivity contribution < 1.29 is 14.7 Å². The maximum absolute atomic E-state index is 10.4. The second-order valence-electron chi connectivity index (χ2n) is 2.55. The molecule has 1 aromatic rings. The van der Waals surface area contributed by atoms with Gasteiger partial charge in [0.2, 0.25) is 0 Å². The van der Waals surface area contributed by atoms with Gasteiger partial charge in [0.15, 0.2) is 0 Å². The molecule has 0 unspecified atom stereocenters. The van der Waals surface area contributed by atoms with Crippen molar-refractivity contribution in [2.45, 2.75) is 6.42 Å². The third kappa shape index (κ3) is 2.58. The van der Waals surface area contributed by atoms with E-state index in [1.54, 1.807) is 24.3 Å². The van der Waals surface area contributed by atoms with Crippen LogP contribution in [0, 0.1) is 0 Å². The number of carboxylic acid groups (broad SMARTS) is 1. The molecule has 66 valence electrons. The molecule has 3 nitrogen and oxygen atoms in total. The summed E-state index contributed by atoms with van der Waals surface area (Å²) in [5.41, 5.74) is 0.550. The Bertz CT molecular complexity index is 348. The third-order valence-corrected chi connectivity index (χ3v) is 1.61. The van der Waals surface area contributed by atoms with Crippen molar-refractivity contribution >= 4 is 11.9 Å². The zero-order valence-corrected chi connectivity index (χ0v) is 6.86. The van der Waals surface area contributed by atoms with Crippen LogP contribution in [0.25, 0.3) is 0 Å². The van der Waals surface area contributed by atoms with Gasteiger partial charge in [-0.2, -0.15) is 0 Å². The molecule has 0 amide bonds. The van der Waals surface area contributed by atoms with Gasteiger partial charge in [0, 0.05) is 6.42 Å². The molecule has 0 radical (unpaired) electrons. The monoisotopic (exact) mass is 176 g/mol. The molecule has 1 rings (SSSR count). The maximum Gasteiger partial charge on any atom is 0.343 e. The first-order chi connectivity index (χ1) is 6.24. The van der Waals surface area contributed by atoms with Crippen LogP contribution in [0.5, 0.6) is 0 Å². The minimum absolute atomic E-state index is 0.125. The molecule has 0 bridgehead atoms. The van der Waals surface area contributed by atoms with Gasteiger partial charge in [0.25, 0.3) is 0 Å². The van der Waals surface area contributed by atoms with Crippen molar-refractivity contribution in [1.29, 1.82) is 0 Å². The van der Waals surface area contributed by atoms with Gasteiger partial charge in [-0.25, -0.2) is 9.59 Å². The quantitative estimate of drug-likeness (QED) is 0.553. The lowest BCUT2D eigenvalue weighted by molar-refractivity contribution is -0.132. The smallest absolute Gasteiger partial charge is 0.343 e. The second-order valence-corrected chi connectivity index (χ2v) is 2.55. The highest BCUT2D eigenvalue weighted by atomic mass is 16.4. The van der Waals surface area contributed by atoms with Crippen LogP contribution in [0.1, 0.15) is 5.56 Å². The van der Waals surface area contributed by atoms with E-state index >= 15 is 0 Å². The number of hydrogen-bond donors (Lipinski definition) is 1. The number of carbonyl (C=O) groups is 1. The molecule has 13 heavy (non-hydrogen) atoms. The first-order valence-corrected chi connectivity index (χ1v) is 3.75. The Balaban J connectivity index is 2.80. The minimum atomic E-state index is -1.21. The number of hydrogen-bond acceptors (Lipinski definition) is 2. The van der Waals surface area contributed by atoms with E-state index in [1.165, 1.54) is 5.94 Å². The van der Waals surface area contributed by atoms with E-state index in [2.05, 4.69) is 0 Å². The summed E-state index contributed by atoms with van der Waals surface area (Å²) in [6, 6.07) is 8.94. The molecule has 1 aromatic carbocycles. The lowest BCUT2D eigenvalue weighted by Gasteiger charge is -1.97. The molecule has 0 aromatic heterocycles. The number of aliphatic carboxylic acids is 1. The lowest BCUT2D eigenvalue weighted by Crippen LogP contribution is -2.04. The molecule has 0 aliphatic rings. The normalized spacial score (nSPS) is 8.92. The van der Waals surface area contributed by atoms with Crippen LogP contribution in [0.4, 0.5) is 0 Å². The van der Waals surface area contributed by atoms with E-state index in [9.17, 15) is 9.59 Å². The van der Waals surface area contributed by atoms with Crippen LogP contribution in [0.15, 0.2) is 35.9 Å². The summed E-state index contributed by atoms with van der Waals surface area (Å²) >= 11 is 0. The predicted octanol–water partition coefficient (Wildman–Crippen LogP) is 1.07. The van der Waals surface area contributed by atoms with Crippen LogP contribution in [0.3, 0.4) is 0 Å². The van der Waals surface area contributed by atoms with Crippen LogP contribution < -0.4 is 0 Å². The summed E-state index contributed by atoms with van der Waals surface area (Å²) in [6.45, 7) is 0. The standard InChI is InChI=1S/C10H8O3/c11-7-9(10(12)13)6-8-4-2-1-3-5-8/h1-5H,6H2,(H,12,13). The van der Waals surface area contributed by atoms with Crippen LogP contribution in [-0.2, 0) is 16.0 Å². The van der Waals surface area contributed by atoms with E-state index in [0.717, 1.165) is 5.56 Å². The topological polar surface area (TPSA) is 54.4 Å². The van der Waals surface area contributed by atoms with Crippen LogP contribution in [-0.4, -0.2) is 17.0 Å². The molecule has 0 aliphatic heterocycles. The van der Waals surface area contributed by atoms with Gasteiger partial charge in [-0.15, -0.1) is 0 Å². The van der Waals surface area contributed by atoms with Crippen LogP contribution >= 0.6 is 0 Å². The molecule has 0 spiro atoms. The van der Waals surface area contributed by atoms with E-state index in [1.807, 2.05) is 6.07 Å². The molecule has 0 saturated heterocycles. The molecule has 0 fully saturated rings. The fourth-order valence-corrected chi connectivity index (χ4v) is 0.955. The molecule has 0 aliphatic carbocycles. The number of carbonyl (C=O) groups excluding carboxylic acids is 1.